The van der Waals surface area contributed by atoms with Crippen LogP contribution in [0.15, 0.2) is 11.1 Å². The van der Waals surface area contributed by atoms with Gasteiger partial charge in [-0.1, -0.05) is 18.2 Å². The minimum Gasteiger partial charge on any atom is -0.463 e. The zero-order valence-electron chi connectivity index (χ0n) is 14.4. The molecule has 0 saturated carbocycles. The molecule has 0 radical (unpaired) electrons. The molecule has 2 heterocycles. The van der Waals surface area contributed by atoms with Gasteiger partial charge in [-0.15, -0.1) is 0 Å². The van der Waals surface area contributed by atoms with Crippen LogP contribution >= 0.6 is 11.8 Å². The minimum absolute atomic E-state index is 0.114. The summed E-state index contributed by atoms with van der Waals surface area (Å²) in [7, 11) is 1.88. The van der Waals surface area contributed by atoms with Gasteiger partial charge >= 0.3 is 11.9 Å². The Bertz CT molecular complexity index is 531. The maximum absolute atomic E-state index is 12.0. The van der Waals surface area contributed by atoms with Crippen LogP contribution in [0.4, 0.5) is 0 Å². The van der Waals surface area contributed by atoms with Gasteiger partial charge in [0.15, 0.2) is 6.10 Å². The van der Waals surface area contributed by atoms with Gasteiger partial charge in [-0.05, 0) is 26.7 Å². The van der Waals surface area contributed by atoms with E-state index in [0.717, 1.165) is 25.9 Å². The molecule has 0 amide bonds. The normalized spacial score (nSPS) is 25.0. The van der Waals surface area contributed by atoms with E-state index < -0.39 is 18.0 Å². The van der Waals surface area contributed by atoms with E-state index in [9.17, 15) is 9.59 Å². The lowest BCUT2D eigenvalue weighted by Gasteiger charge is -2.35. The van der Waals surface area contributed by atoms with Crippen molar-refractivity contribution >= 4 is 28.7 Å². The Labute approximate surface area is 146 Å². The lowest BCUT2D eigenvalue weighted by Crippen LogP contribution is -2.48. The van der Waals surface area contributed by atoms with Crippen LogP contribution in [0.3, 0.4) is 0 Å². The molecule has 2 aliphatic heterocycles. The predicted molar refractivity (Wildman–Crippen MR) is 92.6 cm³/mol. The van der Waals surface area contributed by atoms with E-state index in [4.69, 9.17) is 14.9 Å². The largest absolute Gasteiger partial charge is 0.463 e. The Kier molecular flexibility index (Phi) is 6.68. The zero-order valence-corrected chi connectivity index (χ0v) is 15.2. The molecule has 1 N–H and O–H groups in total. The van der Waals surface area contributed by atoms with Crippen LogP contribution in [0.25, 0.3) is 0 Å². The zero-order chi connectivity index (χ0) is 17.7. The Morgan fingerprint density at radius 3 is 2.67 bits per heavy atom. The highest BCUT2D eigenvalue weighted by Gasteiger charge is 2.36. The fourth-order valence-corrected chi connectivity index (χ4v) is 3.89. The number of nitrogens with one attached hydrogen (secondary N) is 1. The molecule has 2 atom stereocenters. The van der Waals surface area contributed by atoms with Gasteiger partial charge in [0.1, 0.15) is 11.2 Å². The van der Waals surface area contributed by atoms with E-state index in [1.165, 1.54) is 31.2 Å². The quantitative estimate of drug-likeness (QED) is 0.594. The van der Waals surface area contributed by atoms with Crippen LogP contribution in [0.1, 0.15) is 33.1 Å². The molecular weight excluding hydrogens is 330 g/mol. The molecule has 2 saturated heterocycles. The van der Waals surface area contributed by atoms with Crippen LogP contribution < -0.4 is 0 Å². The highest BCUT2D eigenvalue weighted by molar-refractivity contribution is 8.17. The lowest BCUT2D eigenvalue weighted by molar-refractivity contribution is -0.163. The monoisotopic (exact) mass is 355 g/mol. The van der Waals surface area contributed by atoms with E-state index in [-0.39, 0.29) is 12.8 Å². The average Bonchev–Trinajstić information content (AvgIpc) is 2.82. The average molecular weight is 355 g/mol. The third-order valence-corrected chi connectivity index (χ3v) is 5.10. The summed E-state index contributed by atoms with van der Waals surface area (Å²) < 4.78 is 9.89. The Hall–Kier alpha value is -1.54. The minimum atomic E-state index is -0.941. The van der Waals surface area contributed by atoms with E-state index in [1.54, 1.807) is 6.92 Å². The van der Waals surface area contributed by atoms with Gasteiger partial charge < -0.3 is 14.4 Å². The number of rotatable bonds is 5. The number of esters is 2. The molecule has 2 fully saturated rings. The molecule has 8 heteroatoms. The molecule has 134 valence electrons. The summed E-state index contributed by atoms with van der Waals surface area (Å²) in [5, 5.41) is 9.40. The highest BCUT2D eigenvalue weighted by atomic mass is 32.2. The van der Waals surface area contributed by atoms with Gasteiger partial charge in [-0.3, -0.25) is 10.3 Å². The first kappa shape index (κ1) is 18.8. The summed E-state index contributed by atoms with van der Waals surface area (Å²) in [6.07, 6.45) is 3.80. The lowest BCUT2D eigenvalue weighted by atomic mass is 10.1. The number of piperidine rings is 1. The third-order valence-electron chi connectivity index (χ3n) is 4.05. The highest BCUT2D eigenvalue weighted by Crippen LogP contribution is 2.35. The molecule has 24 heavy (non-hydrogen) atoms. The summed E-state index contributed by atoms with van der Waals surface area (Å²) in [4.78, 5) is 27.7. The summed E-state index contributed by atoms with van der Waals surface area (Å²) in [6, 6.07) is 0. The van der Waals surface area contributed by atoms with E-state index >= 15 is 0 Å². The van der Waals surface area contributed by atoms with Gasteiger partial charge in [0.25, 0.3) is 0 Å². The van der Waals surface area contributed by atoms with Crippen molar-refractivity contribution in [2.45, 2.75) is 45.4 Å². The topological polar surface area (TPSA) is 82.9 Å². The second kappa shape index (κ2) is 8.53. The number of carbonyl (C=O) groups is 2. The SMILES string of the molecule is CCOC(=O)[C@@H](C)OC(=O)/C=C1\SC(=N)C(N2CCCCC2)N1C. The van der Waals surface area contributed by atoms with Gasteiger partial charge in [0, 0.05) is 20.1 Å². The van der Waals surface area contributed by atoms with Crippen molar-refractivity contribution < 1.29 is 19.1 Å². The summed E-state index contributed by atoms with van der Waals surface area (Å²) in [6.45, 7) is 5.36. The number of likely N-dealkylation sites (tertiary alicyclic amines) is 1. The second-order valence-corrected chi connectivity index (χ2v) is 6.92. The van der Waals surface area contributed by atoms with Gasteiger partial charge in [0.2, 0.25) is 0 Å². The van der Waals surface area contributed by atoms with Gasteiger partial charge in [-0.25, -0.2) is 9.59 Å². The Morgan fingerprint density at radius 1 is 1.38 bits per heavy atom. The fraction of sp³-hybridized carbons (Fsp3) is 0.688. The number of carbonyl (C=O) groups excluding carboxylic acids is 2. The van der Waals surface area contributed by atoms with E-state index in [1.807, 2.05) is 11.9 Å². The van der Waals surface area contributed by atoms with E-state index in [0.29, 0.717) is 10.1 Å². The first-order valence-electron chi connectivity index (χ1n) is 8.26. The molecule has 0 aromatic rings. The molecule has 2 aliphatic rings. The number of ether oxygens (including phenoxy) is 2. The third kappa shape index (κ3) is 4.51. The van der Waals surface area contributed by atoms with Crippen molar-refractivity contribution in [1.29, 1.82) is 5.41 Å². The van der Waals surface area contributed by atoms with Crippen molar-refractivity contribution in [3.63, 3.8) is 0 Å². The first-order chi connectivity index (χ1) is 11.4. The Morgan fingerprint density at radius 2 is 2.04 bits per heavy atom. The molecule has 2 rings (SSSR count). The Balaban J connectivity index is 1.98. The number of nitrogens with zero attached hydrogens (tertiary/aromatic N) is 2. The smallest absolute Gasteiger partial charge is 0.347 e. The predicted octanol–water partition coefficient (Wildman–Crippen LogP) is 1.79. The van der Waals surface area contributed by atoms with Crippen molar-refractivity contribution in [2.75, 3.05) is 26.7 Å². The molecule has 0 bridgehead atoms. The maximum atomic E-state index is 12.0. The number of thioether (sulfide) groups is 1. The van der Waals surface area contributed by atoms with Crippen LogP contribution in [0, 0.1) is 5.41 Å². The summed E-state index contributed by atoms with van der Waals surface area (Å²) in [5.74, 6) is -1.16. The molecule has 7 nitrogen and oxygen atoms in total. The number of hydrogen-bond donors (Lipinski definition) is 1. The molecule has 0 spiro atoms. The second-order valence-electron chi connectivity index (χ2n) is 5.86. The van der Waals surface area contributed by atoms with Gasteiger partial charge in [-0.2, -0.15) is 0 Å². The maximum Gasteiger partial charge on any atom is 0.347 e. The molecule has 0 aliphatic carbocycles. The molecule has 1 unspecified atom stereocenters. The van der Waals surface area contributed by atoms with E-state index in [2.05, 4.69) is 4.90 Å². The molecular formula is C16H25N3O4S. The standard InChI is InChI=1S/C16H25N3O4S/c1-4-22-16(21)11(2)23-13(20)10-12-18(3)15(14(17)24-12)19-8-6-5-7-9-19/h10-11,15,17H,4-9H2,1-3H3/b12-10-,17-14?/t11-,15?/m1/s1. The van der Waals surface area contributed by atoms with Crippen LogP contribution in [0.2, 0.25) is 0 Å². The van der Waals surface area contributed by atoms with Crippen LogP contribution in [-0.4, -0.2) is 65.8 Å². The van der Waals surface area contributed by atoms with Crippen molar-refractivity contribution in [2.24, 2.45) is 0 Å². The summed E-state index contributed by atoms with van der Waals surface area (Å²) in [5.41, 5.74) is 0. The van der Waals surface area contributed by atoms with Crippen LogP contribution in [-0.2, 0) is 19.1 Å². The molecule has 0 aromatic carbocycles. The number of hydrogen-bond acceptors (Lipinski definition) is 8. The summed E-state index contributed by atoms with van der Waals surface area (Å²) >= 11 is 1.26. The molecule has 0 aromatic heterocycles. The van der Waals surface area contributed by atoms with Crippen LogP contribution in [0.5, 0.6) is 0 Å². The van der Waals surface area contributed by atoms with Crippen molar-refractivity contribution in [3.05, 3.63) is 11.1 Å². The van der Waals surface area contributed by atoms with Crippen molar-refractivity contribution in [3.8, 4) is 0 Å². The van der Waals surface area contributed by atoms with Gasteiger partial charge in [0.05, 0.1) is 17.7 Å². The van der Waals surface area contributed by atoms with Crippen molar-refractivity contribution in [1.82, 2.24) is 9.80 Å². The first-order valence-corrected chi connectivity index (χ1v) is 9.07. The fourth-order valence-electron chi connectivity index (χ4n) is 2.86.